The maximum absolute atomic E-state index is 4.68. The molecule has 0 radical (unpaired) electrons. The summed E-state index contributed by atoms with van der Waals surface area (Å²) in [7, 11) is 0. The molecule has 1 fully saturated rings. The lowest BCUT2D eigenvalue weighted by atomic mass is 9.83. The lowest BCUT2D eigenvalue weighted by Gasteiger charge is -2.30. The Morgan fingerprint density at radius 2 is 2.05 bits per heavy atom. The SMILES string of the molecule is CCC1CCCCC1n1cnc(CNC(C)(C)C)n1. The number of nitrogens with one attached hydrogen (secondary N) is 1. The first-order valence-electron chi connectivity index (χ1n) is 7.64. The van der Waals surface area contributed by atoms with Crippen LogP contribution < -0.4 is 5.32 Å². The zero-order valence-corrected chi connectivity index (χ0v) is 12.8. The van der Waals surface area contributed by atoms with E-state index in [-0.39, 0.29) is 5.54 Å². The molecular formula is C15H28N4. The molecule has 1 heterocycles. The van der Waals surface area contributed by atoms with E-state index >= 15 is 0 Å². The summed E-state index contributed by atoms with van der Waals surface area (Å²) in [6, 6.07) is 0.564. The number of aromatic nitrogens is 3. The van der Waals surface area contributed by atoms with E-state index in [0.717, 1.165) is 18.3 Å². The summed E-state index contributed by atoms with van der Waals surface area (Å²) in [6.45, 7) is 9.54. The van der Waals surface area contributed by atoms with Crippen molar-refractivity contribution < 1.29 is 0 Å². The molecule has 1 aromatic rings. The van der Waals surface area contributed by atoms with E-state index in [1.165, 1.54) is 32.1 Å². The van der Waals surface area contributed by atoms with Gasteiger partial charge in [0.25, 0.3) is 0 Å². The summed E-state index contributed by atoms with van der Waals surface area (Å²) in [4.78, 5) is 4.45. The number of rotatable bonds is 4. The molecule has 1 aromatic heterocycles. The fourth-order valence-electron chi connectivity index (χ4n) is 2.91. The summed E-state index contributed by atoms with van der Waals surface area (Å²) in [5.41, 5.74) is 0.113. The highest BCUT2D eigenvalue weighted by atomic mass is 15.4. The molecule has 0 saturated heterocycles. The second-order valence-electron chi connectivity index (χ2n) is 6.76. The van der Waals surface area contributed by atoms with Crippen molar-refractivity contribution in [3.63, 3.8) is 0 Å². The van der Waals surface area contributed by atoms with Gasteiger partial charge in [0.05, 0.1) is 12.6 Å². The minimum Gasteiger partial charge on any atom is -0.305 e. The van der Waals surface area contributed by atoms with Crippen LogP contribution in [-0.2, 0) is 6.54 Å². The minimum absolute atomic E-state index is 0.113. The first-order chi connectivity index (χ1) is 8.99. The van der Waals surface area contributed by atoms with Crippen molar-refractivity contribution in [3.8, 4) is 0 Å². The molecule has 1 saturated carbocycles. The summed E-state index contributed by atoms with van der Waals surface area (Å²) in [6.07, 6.45) is 8.49. The van der Waals surface area contributed by atoms with Crippen molar-refractivity contribution in [2.75, 3.05) is 0 Å². The van der Waals surface area contributed by atoms with Crippen LogP contribution in [-0.4, -0.2) is 20.3 Å². The number of hydrogen-bond acceptors (Lipinski definition) is 3. The molecule has 2 rings (SSSR count). The lowest BCUT2D eigenvalue weighted by Crippen LogP contribution is -2.35. The highest BCUT2D eigenvalue weighted by Crippen LogP contribution is 2.35. The Morgan fingerprint density at radius 3 is 2.74 bits per heavy atom. The molecule has 1 aliphatic rings. The van der Waals surface area contributed by atoms with Gasteiger partial charge in [-0.05, 0) is 39.5 Å². The van der Waals surface area contributed by atoms with Gasteiger partial charge in [-0.15, -0.1) is 0 Å². The molecule has 1 N–H and O–H groups in total. The molecule has 0 amide bonds. The molecule has 1 aliphatic carbocycles. The first-order valence-corrected chi connectivity index (χ1v) is 7.64. The van der Waals surface area contributed by atoms with Crippen molar-refractivity contribution >= 4 is 0 Å². The summed E-state index contributed by atoms with van der Waals surface area (Å²) in [5.74, 6) is 1.69. The van der Waals surface area contributed by atoms with Crippen LogP contribution in [0.4, 0.5) is 0 Å². The topological polar surface area (TPSA) is 42.7 Å². The summed E-state index contributed by atoms with van der Waals surface area (Å²) < 4.78 is 2.12. The van der Waals surface area contributed by atoms with E-state index < -0.39 is 0 Å². The van der Waals surface area contributed by atoms with Crippen molar-refractivity contribution in [1.29, 1.82) is 0 Å². The van der Waals surface area contributed by atoms with Crippen molar-refractivity contribution in [1.82, 2.24) is 20.1 Å². The predicted molar refractivity (Wildman–Crippen MR) is 77.9 cm³/mol. The zero-order chi connectivity index (χ0) is 13.9. The van der Waals surface area contributed by atoms with E-state index in [0.29, 0.717) is 6.04 Å². The predicted octanol–water partition coefficient (Wildman–Crippen LogP) is 3.31. The molecule has 108 valence electrons. The molecule has 4 heteroatoms. The summed E-state index contributed by atoms with van der Waals surface area (Å²) >= 11 is 0. The van der Waals surface area contributed by atoms with Gasteiger partial charge in [-0.25, -0.2) is 9.67 Å². The molecule has 4 nitrogen and oxygen atoms in total. The molecule has 2 unspecified atom stereocenters. The van der Waals surface area contributed by atoms with Crippen molar-refractivity contribution in [2.24, 2.45) is 5.92 Å². The van der Waals surface area contributed by atoms with Gasteiger partial charge in [-0.1, -0.05) is 26.2 Å². The van der Waals surface area contributed by atoms with E-state index in [4.69, 9.17) is 0 Å². The van der Waals surface area contributed by atoms with Gasteiger partial charge in [0.2, 0.25) is 0 Å². The third kappa shape index (κ3) is 4.03. The van der Waals surface area contributed by atoms with Gasteiger partial charge in [0, 0.05) is 5.54 Å². The number of hydrogen-bond donors (Lipinski definition) is 1. The van der Waals surface area contributed by atoms with Crippen LogP contribution in [0.3, 0.4) is 0 Å². The zero-order valence-electron chi connectivity index (χ0n) is 12.8. The van der Waals surface area contributed by atoms with Gasteiger partial charge in [0.15, 0.2) is 5.82 Å². The second kappa shape index (κ2) is 6.04. The number of nitrogens with zero attached hydrogens (tertiary/aromatic N) is 3. The Labute approximate surface area is 117 Å². The third-order valence-electron chi connectivity index (χ3n) is 4.07. The highest BCUT2D eigenvalue weighted by Gasteiger charge is 2.26. The largest absolute Gasteiger partial charge is 0.305 e. The van der Waals surface area contributed by atoms with E-state index in [9.17, 15) is 0 Å². The Hall–Kier alpha value is -0.900. The van der Waals surface area contributed by atoms with E-state index in [1.807, 2.05) is 6.33 Å². The van der Waals surface area contributed by atoms with Gasteiger partial charge in [-0.3, -0.25) is 0 Å². The van der Waals surface area contributed by atoms with Gasteiger partial charge in [0.1, 0.15) is 6.33 Å². The Kier molecular flexibility index (Phi) is 4.61. The monoisotopic (exact) mass is 264 g/mol. The molecule has 19 heavy (non-hydrogen) atoms. The Bertz CT molecular complexity index is 391. The molecule has 2 atom stereocenters. The Balaban J connectivity index is 1.99. The second-order valence-corrected chi connectivity index (χ2v) is 6.76. The van der Waals surface area contributed by atoms with Crippen molar-refractivity contribution in [3.05, 3.63) is 12.2 Å². The maximum atomic E-state index is 4.68. The summed E-state index contributed by atoms with van der Waals surface area (Å²) in [5, 5.41) is 8.12. The van der Waals surface area contributed by atoms with Crippen LogP contribution in [0.5, 0.6) is 0 Å². The third-order valence-corrected chi connectivity index (χ3v) is 4.07. The van der Waals surface area contributed by atoms with Gasteiger partial charge >= 0.3 is 0 Å². The molecule has 0 aromatic carbocycles. The van der Waals surface area contributed by atoms with Gasteiger partial charge in [-0.2, -0.15) is 5.10 Å². The minimum atomic E-state index is 0.113. The van der Waals surface area contributed by atoms with Crippen LogP contribution in [0, 0.1) is 5.92 Å². The fraction of sp³-hybridized carbons (Fsp3) is 0.867. The van der Waals surface area contributed by atoms with Crippen molar-refractivity contribution in [2.45, 2.75) is 77.9 Å². The van der Waals surface area contributed by atoms with E-state index in [1.54, 1.807) is 0 Å². The van der Waals surface area contributed by atoms with E-state index in [2.05, 4.69) is 47.8 Å². The molecule has 0 spiro atoms. The smallest absolute Gasteiger partial charge is 0.164 e. The highest BCUT2D eigenvalue weighted by molar-refractivity contribution is 4.87. The normalized spacial score (nSPS) is 24.6. The van der Waals surface area contributed by atoms with Crippen LogP contribution in [0.2, 0.25) is 0 Å². The van der Waals surface area contributed by atoms with Crippen LogP contribution in [0.15, 0.2) is 6.33 Å². The standard InChI is InChI=1S/C15H28N4/c1-5-12-8-6-7-9-13(12)19-11-16-14(18-19)10-17-15(2,3)4/h11-13,17H,5-10H2,1-4H3. The maximum Gasteiger partial charge on any atom is 0.164 e. The Morgan fingerprint density at radius 1 is 1.32 bits per heavy atom. The average molecular weight is 264 g/mol. The van der Waals surface area contributed by atoms with Crippen LogP contribution in [0.1, 0.15) is 71.7 Å². The first kappa shape index (κ1) is 14.5. The molecule has 0 bridgehead atoms. The quantitative estimate of drug-likeness (QED) is 0.907. The van der Waals surface area contributed by atoms with Crippen LogP contribution >= 0.6 is 0 Å². The van der Waals surface area contributed by atoms with Crippen LogP contribution in [0.25, 0.3) is 0 Å². The lowest BCUT2D eigenvalue weighted by molar-refractivity contribution is 0.216. The molecular weight excluding hydrogens is 236 g/mol. The average Bonchev–Trinajstić information content (AvgIpc) is 2.84. The molecule has 0 aliphatic heterocycles. The fourth-order valence-corrected chi connectivity index (χ4v) is 2.91. The van der Waals surface area contributed by atoms with Gasteiger partial charge < -0.3 is 5.32 Å².